The lowest BCUT2D eigenvalue weighted by molar-refractivity contribution is -0.125. The number of nitrogens with one attached hydrogen (secondary N) is 2. The molecule has 1 saturated carbocycles. The average Bonchev–Trinajstić information content (AvgIpc) is 3.45. The van der Waals surface area contributed by atoms with Gasteiger partial charge in [0.05, 0.1) is 4.90 Å². The number of hydrogen-bond donors (Lipinski definition) is 2. The molecule has 32 heavy (non-hydrogen) atoms. The third-order valence-electron chi connectivity index (χ3n) is 6.26. The van der Waals surface area contributed by atoms with E-state index in [1.807, 2.05) is 0 Å². The highest BCUT2D eigenvalue weighted by molar-refractivity contribution is 7.92. The summed E-state index contributed by atoms with van der Waals surface area (Å²) in [5.74, 6) is -0.342. The summed E-state index contributed by atoms with van der Waals surface area (Å²) in [5.41, 5.74) is 1.31. The van der Waals surface area contributed by atoms with Crippen LogP contribution in [0, 0.1) is 6.92 Å². The zero-order chi connectivity index (χ0) is 22.7. The number of carbonyl (C=O) groups is 2. The van der Waals surface area contributed by atoms with Gasteiger partial charge in [0.1, 0.15) is 6.04 Å². The van der Waals surface area contributed by atoms with Gasteiger partial charge >= 0.3 is 0 Å². The summed E-state index contributed by atoms with van der Waals surface area (Å²) in [5, 5.41) is 3.10. The highest BCUT2D eigenvalue weighted by atomic mass is 32.2. The van der Waals surface area contributed by atoms with Crippen LogP contribution in [-0.4, -0.2) is 43.8 Å². The summed E-state index contributed by atoms with van der Waals surface area (Å²) >= 11 is 0. The van der Waals surface area contributed by atoms with E-state index < -0.39 is 16.1 Å². The first-order valence-electron chi connectivity index (χ1n) is 11.1. The zero-order valence-electron chi connectivity index (χ0n) is 18.2. The Balaban J connectivity index is 1.49. The van der Waals surface area contributed by atoms with E-state index in [1.54, 1.807) is 54.3 Å². The standard InChI is InChI=1S/C24H29N3O4S/c1-17-8-2-5-14-22(17)32(30,31)26-20-12-6-9-18(16-20)24(29)27-15-7-13-21(27)23(28)25-19-10-3-4-11-19/h2,5-6,8-9,12,14,16,19,21,26H,3-4,7,10-11,13,15H2,1H3,(H,25,28)/t21-/m1/s1. The number of anilines is 1. The van der Waals surface area contributed by atoms with Crippen molar-refractivity contribution in [1.29, 1.82) is 0 Å². The number of carbonyl (C=O) groups excluding carboxylic acids is 2. The highest BCUT2D eigenvalue weighted by Crippen LogP contribution is 2.25. The van der Waals surface area contributed by atoms with Crippen LogP contribution in [0.2, 0.25) is 0 Å². The largest absolute Gasteiger partial charge is 0.352 e. The molecule has 2 N–H and O–H groups in total. The molecular weight excluding hydrogens is 426 g/mol. The summed E-state index contributed by atoms with van der Waals surface area (Å²) in [6.45, 7) is 2.25. The molecule has 0 spiro atoms. The van der Waals surface area contributed by atoms with E-state index in [1.165, 1.54) is 6.07 Å². The van der Waals surface area contributed by atoms with Crippen LogP contribution in [0.25, 0.3) is 0 Å². The fraction of sp³-hybridized carbons (Fsp3) is 0.417. The van der Waals surface area contributed by atoms with Gasteiger partial charge in [0.2, 0.25) is 5.91 Å². The Morgan fingerprint density at radius 2 is 1.72 bits per heavy atom. The Labute approximate surface area is 189 Å². The van der Waals surface area contributed by atoms with Crippen molar-refractivity contribution in [1.82, 2.24) is 10.2 Å². The second-order valence-electron chi connectivity index (χ2n) is 8.60. The van der Waals surface area contributed by atoms with Crippen molar-refractivity contribution < 1.29 is 18.0 Å². The zero-order valence-corrected chi connectivity index (χ0v) is 19.0. The maximum atomic E-state index is 13.2. The van der Waals surface area contributed by atoms with Crippen LogP contribution in [0.15, 0.2) is 53.4 Å². The maximum absolute atomic E-state index is 13.2. The van der Waals surface area contributed by atoms with E-state index >= 15 is 0 Å². The third kappa shape index (κ3) is 4.80. The molecule has 8 heteroatoms. The van der Waals surface area contributed by atoms with Crippen molar-refractivity contribution in [3.63, 3.8) is 0 Å². The minimum atomic E-state index is -3.78. The fourth-order valence-electron chi connectivity index (χ4n) is 4.60. The summed E-state index contributed by atoms with van der Waals surface area (Å²) < 4.78 is 28.2. The Bertz CT molecular complexity index is 1110. The van der Waals surface area contributed by atoms with Crippen molar-refractivity contribution in [3.8, 4) is 0 Å². The second-order valence-corrected chi connectivity index (χ2v) is 10.2. The molecule has 0 aromatic heterocycles. The predicted octanol–water partition coefficient (Wildman–Crippen LogP) is 3.46. The lowest BCUT2D eigenvalue weighted by Gasteiger charge is -2.25. The number of nitrogens with zero attached hydrogens (tertiary/aromatic N) is 1. The van der Waals surface area contributed by atoms with Crippen LogP contribution in [0.3, 0.4) is 0 Å². The van der Waals surface area contributed by atoms with Crippen molar-refractivity contribution in [2.24, 2.45) is 0 Å². The lowest BCUT2D eigenvalue weighted by atomic mass is 10.1. The van der Waals surface area contributed by atoms with E-state index in [-0.39, 0.29) is 22.8 Å². The number of aryl methyl sites for hydroxylation is 1. The second kappa shape index (κ2) is 9.32. The molecule has 1 heterocycles. The Morgan fingerprint density at radius 1 is 0.969 bits per heavy atom. The van der Waals surface area contributed by atoms with E-state index in [4.69, 9.17) is 0 Å². The van der Waals surface area contributed by atoms with E-state index in [0.29, 0.717) is 29.8 Å². The van der Waals surface area contributed by atoms with Gasteiger partial charge in [-0.2, -0.15) is 0 Å². The van der Waals surface area contributed by atoms with Crippen LogP contribution in [0.4, 0.5) is 5.69 Å². The lowest BCUT2D eigenvalue weighted by Crippen LogP contribution is -2.48. The molecule has 0 radical (unpaired) electrons. The van der Waals surface area contributed by atoms with Gasteiger partial charge in [-0.25, -0.2) is 8.42 Å². The number of rotatable bonds is 6. The number of benzene rings is 2. The van der Waals surface area contributed by atoms with Crippen LogP contribution >= 0.6 is 0 Å². The molecular formula is C24H29N3O4S. The van der Waals surface area contributed by atoms with E-state index in [9.17, 15) is 18.0 Å². The molecule has 1 saturated heterocycles. The molecule has 2 aromatic carbocycles. The molecule has 1 aliphatic carbocycles. The Hall–Kier alpha value is -2.87. The van der Waals surface area contributed by atoms with Gasteiger partial charge < -0.3 is 10.2 Å². The minimum absolute atomic E-state index is 0.0841. The molecule has 7 nitrogen and oxygen atoms in total. The smallest absolute Gasteiger partial charge is 0.262 e. The molecule has 170 valence electrons. The van der Waals surface area contributed by atoms with Gasteiger partial charge in [0.25, 0.3) is 15.9 Å². The average molecular weight is 456 g/mol. The van der Waals surface area contributed by atoms with Gasteiger partial charge in [-0.3, -0.25) is 14.3 Å². The minimum Gasteiger partial charge on any atom is -0.352 e. The van der Waals surface area contributed by atoms with Crippen molar-refractivity contribution in [2.75, 3.05) is 11.3 Å². The SMILES string of the molecule is Cc1ccccc1S(=O)(=O)Nc1cccc(C(=O)N2CCC[C@@H]2C(=O)NC2CCCC2)c1. The molecule has 2 amide bonds. The van der Waals surface area contributed by atoms with Crippen molar-refractivity contribution in [2.45, 2.75) is 62.4 Å². The van der Waals surface area contributed by atoms with Crippen molar-refractivity contribution >= 4 is 27.5 Å². The summed E-state index contributed by atoms with van der Waals surface area (Å²) in [6, 6.07) is 12.9. The molecule has 2 fully saturated rings. The first kappa shape index (κ1) is 22.3. The van der Waals surface area contributed by atoms with Crippen LogP contribution < -0.4 is 10.0 Å². The quantitative estimate of drug-likeness (QED) is 0.697. The summed E-state index contributed by atoms with van der Waals surface area (Å²) in [4.78, 5) is 27.8. The first-order valence-corrected chi connectivity index (χ1v) is 12.6. The third-order valence-corrected chi connectivity index (χ3v) is 7.80. The molecule has 0 unspecified atom stereocenters. The Kier molecular flexibility index (Phi) is 6.50. The van der Waals surface area contributed by atoms with Gasteiger partial charge in [-0.1, -0.05) is 37.1 Å². The number of sulfonamides is 1. The Morgan fingerprint density at radius 3 is 2.47 bits per heavy atom. The monoisotopic (exact) mass is 455 g/mol. The van der Waals surface area contributed by atoms with Gasteiger partial charge in [-0.05, 0) is 62.4 Å². The van der Waals surface area contributed by atoms with E-state index in [2.05, 4.69) is 10.0 Å². The number of likely N-dealkylation sites (tertiary alicyclic amines) is 1. The summed E-state index contributed by atoms with van der Waals surface area (Å²) in [6.07, 6.45) is 5.66. The molecule has 2 aliphatic rings. The van der Waals surface area contributed by atoms with Crippen LogP contribution in [-0.2, 0) is 14.8 Å². The molecule has 0 bridgehead atoms. The maximum Gasteiger partial charge on any atom is 0.262 e. The molecule has 1 atom stereocenters. The van der Waals surface area contributed by atoms with Crippen LogP contribution in [0.5, 0.6) is 0 Å². The molecule has 4 rings (SSSR count). The number of amides is 2. The van der Waals surface area contributed by atoms with Gasteiger partial charge in [0.15, 0.2) is 0 Å². The fourth-order valence-corrected chi connectivity index (χ4v) is 5.90. The normalized spacial score (nSPS) is 19.2. The highest BCUT2D eigenvalue weighted by Gasteiger charge is 2.35. The summed E-state index contributed by atoms with van der Waals surface area (Å²) in [7, 11) is -3.78. The number of hydrogen-bond acceptors (Lipinski definition) is 4. The molecule has 1 aliphatic heterocycles. The van der Waals surface area contributed by atoms with Gasteiger partial charge in [-0.15, -0.1) is 0 Å². The van der Waals surface area contributed by atoms with Crippen molar-refractivity contribution in [3.05, 3.63) is 59.7 Å². The molecule has 2 aromatic rings. The predicted molar refractivity (Wildman–Crippen MR) is 123 cm³/mol. The van der Waals surface area contributed by atoms with E-state index in [0.717, 1.165) is 32.1 Å². The van der Waals surface area contributed by atoms with Crippen LogP contribution in [0.1, 0.15) is 54.4 Å². The topological polar surface area (TPSA) is 95.6 Å². The van der Waals surface area contributed by atoms with Gasteiger partial charge in [0, 0.05) is 23.8 Å². The first-order chi connectivity index (χ1) is 15.3.